The Labute approximate surface area is 202 Å². The molecular weight excluding hydrogens is 484 g/mol. The molecule has 0 aliphatic carbocycles. The maximum absolute atomic E-state index is 12.8. The van der Waals surface area contributed by atoms with Crippen LogP contribution in [0.3, 0.4) is 0 Å². The van der Waals surface area contributed by atoms with E-state index in [-0.39, 0.29) is 27.7 Å². The van der Waals surface area contributed by atoms with Crippen molar-refractivity contribution in [2.45, 2.75) is 6.54 Å². The van der Waals surface area contributed by atoms with Crippen LogP contribution in [-0.4, -0.2) is 34.0 Å². The monoisotopic (exact) mass is 498 g/mol. The number of thioether (sulfide) groups is 1. The molecule has 4 rings (SSSR count). The Balaban J connectivity index is 1.52. The minimum atomic E-state index is -0.583. The standard InChI is InChI=1S/C23H15ClN2O7S/c1-32-22(28)17-10-14(4-8-18(17)24)19-9-7-16(33-19)11-20-21(27)25(23(29)34-20)12-13-2-5-15(6-3-13)26(30)31/h2-11H,12H2,1H3/b20-11-. The fourth-order valence-corrected chi connectivity index (χ4v) is 4.21. The van der Waals surface area contributed by atoms with Gasteiger partial charge in [-0.15, -0.1) is 0 Å². The molecule has 2 heterocycles. The van der Waals surface area contributed by atoms with Crippen molar-refractivity contribution >= 4 is 52.2 Å². The van der Waals surface area contributed by atoms with Crippen molar-refractivity contribution in [1.29, 1.82) is 0 Å². The van der Waals surface area contributed by atoms with Gasteiger partial charge in [-0.3, -0.25) is 24.6 Å². The maximum Gasteiger partial charge on any atom is 0.339 e. The molecule has 1 aromatic heterocycles. The number of amides is 2. The number of nitro benzene ring substituents is 1. The summed E-state index contributed by atoms with van der Waals surface area (Å²) >= 11 is 6.82. The van der Waals surface area contributed by atoms with E-state index in [1.165, 1.54) is 43.5 Å². The van der Waals surface area contributed by atoms with Crippen LogP contribution in [0.2, 0.25) is 5.02 Å². The highest BCUT2D eigenvalue weighted by Crippen LogP contribution is 2.35. The van der Waals surface area contributed by atoms with Crippen LogP contribution in [0.25, 0.3) is 17.4 Å². The smallest absolute Gasteiger partial charge is 0.339 e. The molecule has 1 aliphatic heterocycles. The number of nitro groups is 1. The molecule has 172 valence electrons. The molecule has 2 aromatic carbocycles. The third-order valence-electron chi connectivity index (χ3n) is 4.92. The summed E-state index contributed by atoms with van der Waals surface area (Å²) in [5, 5.41) is 10.6. The van der Waals surface area contributed by atoms with Crippen molar-refractivity contribution in [3.8, 4) is 11.3 Å². The first-order chi connectivity index (χ1) is 16.3. The summed E-state index contributed by atoms with van der Waals surface area (Å²) in [6.45, 7) is -0.00944. The van der Waals surface area contributed by atoms with Gasteiger partial charge in [0, 0.05) is 23.8 Å². The van der Waals surface area contributed by atoms with Crippen molar-refractivity contribution in [2.75, 3.05) is 7.11 Å². The molecule has 34 heavy (non-hydrogen) atoms. The topological polar surface area (TPSA) is 120 Å². The highest BCUT2D eigenvalue weighted by Gasteiger charge is 2.35. The van der Waals surface area contributed by atoms with Gasteiger partial charge in [-0.05, 0) is 47.7 Å². The lowest BCUT2D eigenvalue weighted by Gasteiger charge is -2.12. The van der Waals surface area contributed by atoms with Crippen LogP contribution in [0.4, 0.5) is 10.5 Å². The molecule has 0 unspecified atom stereocenters. The number of nitrogens with zero attached hydrogens (tertiary/aromatic N) is 2. The Morgan fingerprint density at radius 2 is 1.91 bits per heavy atom. The van der Waals surface area contributed by atoms with Gasteiger partial charge in [-0.1, -0.05) is 23.7 Å². The van der Waals surface area contributed by atoms with Crippen LogP contribution in [0.15, 0.2) is 63.9 Å². The predicted octanol–water partition coefficient (Wildman–Crippen LogP) is 5.53. The Kier molecular flexibility index (Phi) is 6.53. The fraction of sp³-hybridized carbons (Fsp3) is 0.0870. The lowest BCUT2D eigenvalue weighted by Crippen LogP contribution is -2.27. The Morgan fingerprint density at radius 3 is 2.59 bits per heavy atom. The summed E-state index contributed by atoms with van der Waals surface area (Å²) in [6, 6.07) is 13.7. The number of carbonyl (C=O) groups excluding carboxylic acids is 3. The van der Waals surface area contributed by atoms with Crippen LogP contribution in [0.1, 0.15) is 21.7 Å². The second kappa shape index (κ2) is 9.54. The average Bonchev–Trinajstić information content (AvgIpc) is 3.39. The highest BCUT2D eigenvalue weighted by atomic mass is 35.5. The number of imide groups is 1. The molecule has 1 fully saturated rings. The Hall–Kier alpha value is -3.89. The molecule has 1 aliphatic rings. The van der Waals surface area contributed by atoms with E-state index in [0.717, 1.165) is 16.7 Å². The summed E-state index contributed by atoms with van der Waals surface area (Å²) in [7, 11) is 1.25. The molecule has 11 heteroatoms. The number of non-ortho nitro benzene ring substituents is 1. The highest BCUT2D eigenvalue weighted by molar-refractivity contribution is 8.18. The third kappa shape index (κ3) is 4.73. The van der Waals surface area contributed by atoms with Gasteiger partial charge in [-0.25, -0.2) is 4.79 Å². The predicted molar refractivity (Wildman–Crippen MR) is 125 cm³/mol. The third-order valence-corrected chi connectivity index (χ3v) is 6.15. The number of furan rings is 1. The van der Waals surface area contributed by atoms with Crippen molar-refractivity contribution in [3.05, 3.63) is 91.5 Å². The second-order valence-electron chi connectivity index (χ2n) is 7.08. The maximum atomic E-state index is 12.8. The summed E-state index contributed by atoms with van der Waals surface area (Å²) in [4.78, 5) is 48.5. The second-order valence-corrected chi connectivity index (χ2v) is 8.48. The molecule has 0 N–H and O–H groups in total. The number of ether oxygens (including phenoxy) is 1. The lowest BCUT2D eigenvalue weighted by atomic mass is 10.1. The van der Waals surface area contributed by atoms with Crippen molar-refractivity contribution in [1.82, 2.24) is 4.90 Å². The molecule has 2 amide bonds. The molecule has 1 saturated heterocycles. The molecule has 0 spiro atoms. The first-order valence-electron chi connectivity index (χ1n) is 9.73. The lowest BCUT2D eigenvalue weighted by molar-refractivity contribution is -0.384. The van der Waals surface area contributed by atoms with Gasteiger partial charge < -0.3 is 9.15 Å². The van der Waals surface area contributed by atoms with Crippen molar-refractivity contribution in [3.63, 3.8) is 0 Å². The summed E-state index contributed by atoms with van der Waals surface area (Å²) < 4.78 is 10.5. The van der Waals surface area contributed by atoms with Crippen LogP contribution in [-0.2, 0) is 16.1 Å². The summed E-state index contributed by atoms with van der Waals surface area (Å²) in [5.41, 5.74) is 1.27. The molecule has 9 nitrogen and oxygen atoms in total. The minimum Gasteiger partial charge on any atom is -0.465 e. The zero-order chi connectivity index (χ0) is 24.4. The van der Waals surface area contributed by atoms with Gasteiger partial charge in [-0.2, -0.15) is 0 Å². The normalized spacial score (nSPS) is 14.6. The first-order valence-corrected chi connectivity index (χ1v) is 10.9. The number of methoxy groups -OCH3 is 1. The van der Waals surface area contributed by atoms with E-state index < -0.39 is 22.0 Å². The van der Waals surface area contributed by atoms with Gasteiger partial charge >= 0.3 is 5.97 Å². The molecule has 0 atom stereocenters. The zero-order valence-electron chi connectivity index (χ0n) is 17.5. The van der Waals surface area contributed by atoms with Crippen LogP contribution < -0.4 is 0 Å². The fourth-order valence-electron chi connectivity index (χ4n) is 3.20. The molecule has 3 aromatic rings. The zero-order valence-corrected chi connectivity index (χ0v) is 19.1. The van der Waals surface area contributed by atoms with Gasteiger partial charge in [0.2, 0.25) is 0 Å². The average molecular weight is 499 g/mol. The van der Waals surface area contributed by atoms with Gasteiger partial charge in [0.1, 0.15) is 11.5 Å². The minimum absolute atomic E-state index is 0.00944. The molecule has 0 saturated carbocycles. The van der Waals surface area contributed by atoms with E-state index in [1.807, 2.05) is 0 Å². The van der Waals surface area contributed by atoms with Crippen molar-refractivity contribution < 1.29 is 28.5 Å². The van der Waals surface area contributed by atoms with E-state index in [1.54, 1.807) is 24.3 Å². The number of hydrogen-bond acceptors (Lipinski definition) is 8. The SMILES string of the molecule is COC(=O)c1cc(-c2ccc(/C=C3\SC(=O)N(Cc4ccc([N+](=O)[O-])cc4)C3=O)o2)ccc1Cl. The van der Waals surface area contributed by atoms with Crippen LogP contribution in [0, 0.1) is 10.1 Å². The van der Waals surface area contributed by atoms with Crippen molar-refractivity contribution in [2.24, 2.45) is 0 Å². The number of halogens is 1. The largest absolute Gasteiger partial charge is 0.465 e. The molecular formula is C23H15ClN2O7S. The molecule has 0 bridgehead atoms. The van der Waals surface area contributed by atoms with E-state index in [2.05, 4.69) is 0 Å². The first kappa shape index (κ1) is 23.3. The summed E-state index contributed by atoms with van der Waals surface area (Å²) in [5.74, 6) is -0.310. The summed E-state index contributed by atoms with van der Waals surface area (Å²) in [6.07, 6.45) is 1.46. The number of esters is 1. The number of benzene rings is 2. The van der Waals surface area contributed by atoms with Gasteiger partial charge in [0.05, 0.1) is 34.1 Å². The molecule has 0 radical (unpaired) electrons. The van der Waals surface area contributed by atoms with Crippen LogP contribution in [0.5, 0.6) is 0 Å². The van der Waals surface area contributed by atoms with E-state index >= 15 is 0 Å². The number of rotatable bonds is 6. The van der Waals surface area contributed by atoms with Gasteiger partial charge in [0.15, 0.2) is 0 Å². The quantitative estimate of drug-likeness (QED) is 0.188. The van der Waals surface area contributed by atoms with E-state index in [0.29, 0.717) is 22.6 Å². The number of hydrogen-bond donors (Lipinski definition) is 0. The van der Waals surface area contributed by atoms with E-state index in [4.69, 9.17) is 20.8 Å². The van der Waals surface area contributed by atoms with E-state index in [9.17, 15) is 24.5 Å². The Morgan fingerprint density at radius 1 is 1.18 bits per heavy atom. The number of carbonyl (C=O) groups is 3. The Bertz CT molecular complexity index is 1350. The van der Waals surface area contributed by atoms with Crippen LogP contribution >= 0.6 is 23.4 Å². The van der Waals surface area contributed by atoms with Gasteiger partial charge in [0.25, 0.3) is 16.8 Å².